The Bertz CT molecular complexity index is 1040. The second kappa shape index (κ2) is 8.27. The molecule has 2 fully saturated rings. The van der Waals surface area contributed by atoms with E-state index in [1.54, 1.807) is 0 Å². The Morgan fingerprint density at radius 2 is 1.94 bits per heavy atom. The van der Waals surface area contributed by atoms with E-state index in [1.165, 1.54) is 4.90 Å². The molecule has 1 unspecified atom stereocenters. The summed E-state index contributed by atoms with van der Waals surface area (Å²) in [6.45, 7) is 4.44. The van der Waals surface area contributed by atoms with Crippen LogP contribution in [0, 0.1) is 0 Å². The van der Waals surface area contributed by atoms with Gasteiger partial charge in [0.1, 0.15) is 0 Å². The minimum Gasteiger partial charge on any atom is -0.465 e. The molecule has 3 N–H and O–H groups in total. The van der Waals surface area contributed by atoms with Crippen molar-refractivity contribution in [1.29, 1.82) is 0 Å². The number of rotatable bonds is 4. The predicted octanol–water partition coefficient (Wildman–Crippen LogP) is 2.65. The van der Waals surface area contributed by atoms with Gasteiger partial charge in [-0.15, -0.1) is 0 Å². The molecule has 2 aliphatic heterocycles. The van der Waals surface area contributed by atoms with Gasteiger partial charge >= 0.3 is 12.1 Å². The number of urea groups is 1. The Labute approximate surface area is 185 Å². The van der Waals surface area contributed by atoms with E-state index in [-0.39, 0.29) is 31.2 Å². The Morgan fingerprint density at radius 3 is 2.62 bits per heavy atom. The summed E-state index contributed by atoms with van der Waals surface area (Å²) in [7, 11) is 0. The van der Waals surface area contributed by atoms with Crippen molar-refractivity contribution in [3.8, 4) is 11.3 Å². The fourth-order valence-electron chi connectivity index (χ4n) is 4.06. The quantitative estimate of drug-likeness (QED) is 0.671. The summed E-state index contributed by atoms with van der Waals surface area (Å²) in [5, 5.41) is 15.2. The summed E-state index contributed by atoms with van der Waals surface area (Å²) in [6.07, 6.45) is 1.09. The topological polar surface area (TPSA) is 120 Å². The van der Waals surface area contributed by atoms with Crippen LogP contribution in [0.2, 0.25) is 0 Å². The van der Waals surface area contributed by atoms with Crippen LogP contribution in [0.5, 0.6) is 0 Å². The maximum atomic E-state index is 12.0. The highest BCUT2D eigenvalue weighted by molar-refractivity contribution is 5.90. The van der Waals surface area contributed by atoms with Crippen molar-refractivity contribution >= 4 is 23.8 Å². The smallest absolute Gasteiger partial charge is 0.407 e. The third-order valence-corrected chi connectivity index (χ3v) is 5.99. The number of hydrogen-bond donors (Lipinski definition) is 3. The van der Waals surface area contributed by atoms with Gasteiger partial charge in [-0.3, -0.25) is 4.90 Å². The SMILES string of the molecule is CC1COCCN1c1nc2c(c(-c3ccc(NC(=O)NC4CC4)cc3)n1)CN(C(=O)O)C2. The zero-order valence-corrected chi connectivity index (χ0v) is 17.9. The number of ether oxygens (including phenoxy) is 1. The molecule has 0 radical (unpaired) electrons. The standard InChI is InChI=1S/C22H26N6O4/c1-13-12-32-9-8-28(13)20-25-18-11-27(22(30)31)10-17(18)19(26-20)14-2-4-15(5-3-14)23-21(29)24-16-6-7-16/h2-5,13,16H,6-12H2,1H3,(H,30,31)(H2,23,24,29). The van der Waals surface area contributed by atoms with Crippen LogP contribution >= 0.6 is 0 Å². The summed E-state index contributed by atoms with van der Waals surface area (Å²) < 4.78 is 5.54. The number of carbonyl (C=O) groups excluding carboxylic acids is 1. The number of benzene rings is 1. The number of carboxylic acid groups (broad SMARTS) is 1. The Hall–Kier alpha value is -3.40. The first-order chi connectivity index (χ1) is 15.5. The van der Waals surface area contributed by atoms with Gasteiger partial charge in [-0.05, 0) is 31.9 Å². The molecule has 3 amide bonds. The molecule has 1 atom stereocenters. The molecule has 1 saturated heterocycles. The number of nitrogens with one attached hydrogen (secondary N) is 2. The lowest BCUT2D eigenvalue weighted by molar-refractivity contribution is 0.0980. The number of anilines is 2. The van der Waals surface area contributed by atoms with Gasteiger partial charge in [-0.1, -0.05) is 12.1 Å². The minimum atomic E-state index is -0.975. The summed E-state index contributed by atoms with van der Waals surface area (Å²) in [5.41, 5.74) is 3.82. The molecule has 1 aromatic heterocycles. The third kappa shape index (κ3) is 4.18. The van der Waals surface area contributed by atoms with E-state index in [9.17, 15) is 14.7 Å². The van der Waals surface area contributed by atoms with Gasteiger partial charge in [0.25, 0.3) is 0 Å². The molecule has 168 valence electrons. The Kier molecular flexibility index (Phi) is 5.30. The lowest BCUT2D eigenvalue weighted by Gasteiger charge is -2.33. The van der Waals surface area contributed by atoms with Gasteiger partial charge in [0, 0.05) is 29.4 Å². The second-order valence-corrected chi connectivity index (χ2v) is 8.50. The van der Waals surface area contributed by atoms with Crippen LogP contribution in [0.4, 0.5) is 21.2 Å². The van der Waals surface area contributed by atoms with E-state index < -0.39 is 6.09 Å². The first kappa shape index (κ1) is 20.5. The molecular formula is C22H26N6O4. The van der Waals surface area contributed by atoms with Crippen molar-refractivity contribution in [2.45, 2.75) is 44.9 Å². The van der Waals surface area contributed by atoms with Crippen molar-refractivity contribution < 1.29 is 19.4 Å². The van der Waals surface area contributed by atoms with Crippen LogP contribution < -0.4 is 15.5 Å². The van der Waals surface area contributed by atoms with Crippen LogP contribution in [0.1, 0.15) is 31.0 Å². The van der Waals surface area contributed by atoms with E-state index in [4.69, 9.17) is 14.7 Å². The van der Waals surface area contributed by atoms with Gasteiger partial charge in [0.2, 0.25) is 5.95 Å². The molecule has 1 aromatic carbocycles. The number of morpholine rings is 1. The van der Waals surface area contributed by atoms with E-state index >= 15 is 0 Å². The maximum absolute atomic E-state index is 12.0. The van der Waals surface area contributed by atoms with Crippen molar-refractivity contribution in [2.24, 2.45) is 0 Å². The van der Waals surface area contributed by atoms with Crippen molar-refractivity contribution in [2.75, 3.05) is 30.0 Å². The highest BCUT2D eigenvalue weighted by Gasteiger charge is 2.31. The van der Waals surface area contributed by atoms with Crippen LogP contribution in [-0.2, 0) is 17.8 Å². The average Bonchev–Trinajstić information content (AvgIpc) is 3.47. The van der Waals surface area contributed by atoms with E-state index in [0.717, 1.165) is 35.4 Å². The predicted molar refractivity (Wildman–Crippen MR) is 118 cm³/mol. The molecule has 5 rings (SSSR count). The number of hydrogen-bond acceptors (Lipinski definition) is 6. The van der Waals surface area contributed by atoms with Crippen molar-refractivity contribution in [3.63, 3.8) is 0 Å². The third-order valence-electron chi connectivity index (χ3n) is 5.99. The molecule has 32 heavy (non-hydrogen) atoms. The van der Waals surface area contributed by atoms with Gasteiger partial charge in [0.05, 0.1) is 43.7 Å². The van der Waals surface area contributed by atoms with Crippen molar-refractivity contribution in [1.82, 2.24) is 20.2 Å². The molecule has 3 heterocycles. The molecule has 10 heteroatoms. The number of nitrogens with zero attached hydrogens (tertiary/aromatic N) is 4. The Morgan fingerprint density at radius 1 is 1.16 bits per heavy atom. The Balaban J connectivity index is 1.45. The minimum absolute atomic E-state index is 0.128. The van der Waals surface area contributed by atoms with Crippen LogP contribution in [0.25, 0.3) is 11.3 Å². The van der Waals surface area contributed by atoms with Gasteiger partial charge in [-0.2, -0.15) is 0 Å². The zero-order valence-electron chi connectivity index (χ0n) is 17.9. The number of amides is 3. The lowest BCUT2D eigenvalue weighted by atomic mass is 10.1. The largest absolute Gasteiger partial charge is 0.465 e. The van der Waals surface area contributed by atoms with E-state index in [0.29, 0.717) is 31.4 Å². The average molecular weight is 438 g/mol. The lowest BCUT2D eigenvalue weighted by Crippen LogP contribution is -2.44. The van der Waals surface area contributed by atoms with Crippen LogP contribution in [0.3, 0.4) is 0 Å². The van der Waals surface area contributed by atoms with Gasteiger partial charge < -0.3 is 25.4 Å². The monoisotopic (exact) mass is 438 g/mol. The summed E-state index contributed by atoms with van der Waals surface area (Å²) >= 11 is 0. The first-order valence-electron chi connectivity index (χ1n) is 10.9. The van der Waals surface area contributed by atoms with Crippen LogP contribution in [-0.4, -0.2) is 63.9 Å². The normalized spacial score (nSPS) is 20.1. The van der Waals surface area contributed by atoms with E-state index in [1.807, 2.05) is 24.3 Å². The summed E-state index contributed by atoms with van der Waals surface area (Å²) in [5.74, 6) is 0.591. The molecule has 10 nitrogen and oxygen atoms in total. The first-order valence-corrected chi connectivity index (χ1v) is 10.9. The highest BCUT2D eigenvalue weighted by Crippen LogP contribution is 2.33. The molecule has 3 aliphatic rings. The fraction of sp³-hybridized carbons (Fsp3) is 0.455. The molecule has 1 aliphatic carbocycles. The summed E-state index contributed by atoms with van der Waals surface area (Å²) in [4.78, 5) is 36.6. The van der Waals surface area contributed by atoms with Gasteiger partial charge in [-0.25, -0.2) is 19.6 Å². The highest BCUT2D eigenvalue weighted by atomic mass is 16.5. The summed E-state index contributed by atoms with van der Waals surface area (Å²) in [6, 6.07) is 7.66. The number of carbonyl (C=O) groups is 2. The zero-order chi connectivity index (χ0) is 22.2. The van der Waals surface area contributed by atoms with Crippen LogP contribution in [0.15, 0.2) is 24.3 Å². The molecule has 0 bridgehead atoms. The fourth-order valence-corrected chi connectivity index (χ4v) is 4.06. The van der Waals surface area contributed by atoms with Gasteiger partial charge in [0.15, 0.2) is 0 Å². The molecule has 2 aromatic rings. The molecule has 1 saturated carbocycles. The number of aromatic nitrogens is 2. The number of fused-ring (bicyclic) bond motifs is 1. The van der Waals surface area contributed by atoms with E-state index in [2.05, 4.69) is 22.5 Å². The van der Waals surface area contributed by atoms with Crippen molar-refractivity contribution in [3.05, 3.63) is 35.5 Å². The maximum Gasteiger partial charge on any atom is 0.407 e. The second-order valence-electron chi connectivity index (χ2n) is 8.50. The molecular weight excluding hydrogens is 412 g/mol. The molecule has 0 spiro atoms.